The third-order valence-electron chi connectivity index (χ3n) is 6.00. The van der Waals surface area contributed by atoms with E-state index in [-0.39, 0.29) is 5.91 Å². The van der Waals surface area contributed by atoms with Crippen LogP contribution in [0.15, 0.2) is 41.4 Å². The molecule has 0 radical (unpaired) electrons. The van der Waals surface area contributed by atoms with Gasteiger partial charge in [0.1, 0.15) is 27.9 Å². The van der Waals surface area contributed by atoms with Gasteiger partial charge >= 0.3 is 0 Å². The molecule has 1 fully saturated rings. The number of nitrogens with zero attached hydrogens (tertiary/aromatic N) is 2. The molecule has 4 rings (SSSR count). The minimum Gasteiger partial charge on any atom is -0.497 e. The first-order chi connectivity index (χ1) is 15.5. The van der Waals surface area contributed by atoms with Gasteiger partial charge in [-0.25, -0.2) is 0 Å². The van der Waals surface area contributed by atoms with Gasteiger partial charge in [-0.15, -0.1) is 0 Å². The van der Waals surface area contributed by atoms with Gasteiger partial charge in [-0.1, -0.05) is 12.2 Å². The minimum atomic E-state index is -0.674. The molecule has 0 atom stereocenters. The van der Waals surface area contributed by atoms with Crippen molar-refractivity contribution in [1.82, 2.24) is 4.90 Å². The zero-order chi connectivity index (χ0) is 22.9. The van der Waals surface area contributed by atoms with E-state index in [1.165, 1.54) is 0 Å². The SMILES string of the molecule is COc1cc(OC)cc(C2=NC3(CCCC3)N(C(=O)c3ccc(OC)c(OC)c3)C2=S)c1. The summed E-state index contributed by atoms with van der Waals surface area (Å²) in [4.78, 5) is 20.9. The Morgan fingerprint density at radius 2 is 1.53 bits per heavy atom. The topological polar surface area (TPSA) is 69.6 Å². The number of ether oxygens (including phenoxy) is 4. The van der Waals surface area contributed by atoms with Crippen molar-refractivity contribution < 1.29 is 23.7 Å². The molecule has 2 aromatic rings. The maximum atomic E-state index is 13.7. The Balaban J connectivity index is 1.76. The average molecular weight is 455 g/mol. The number of carbonyl (C=O) groups excluding carboxylic acids is 1. The van der Waals surface area contributed by atoms with E-state index >= 15 is 0 Å². The molecule has 1 aliphatic heterocycles. The highest BCUT2D eigenvalue weighted by Crippen LogP contribution is 2.43. The Morgan fingerprint density at radius 3 is 2.09 bits per heavy atom. The van der Waals surface area contributed by atoms with Crippen LogP contribution >= 0.6 is 12.2 Å². The quantitative estimate of drug-likeness (QED) is 0.608. The maximum Gasteiger partial charge on any atom is 0.261 e. The number of hydrogen-bond donors (Lipinski definition) is 0. The second kappa shape index (κ2) is 8.78. The van der Waals surface area contributed by atoms with Gasteiger partial charge in [0, 0.05) is 17.2 Å². The van der Waals surface area contributed by atoms with Crippen LogP contribution in [0.5, 0.6) is 23.0 Å². The van der Waals surface area contributed by atoms with E-state index in [0.29, 0.717) is 39.3 Å². The predicted molar refractivity (Wildman–Crippen MR) is 126 cm³/mol. The van der Waals surface area contributed by atoms with Crippen molar-refractivity contribution >= 4 is 28.8 Å². The first-order valence-corrected chi connectivity index (χ1v) is 10.8. The molecule has 1 aliphatic carbocycles. The van der Waals surface area contributed by atoms with Crippen molar-refractivity contribution in [3.63, 3.8) is 0 Å². The van der Waals surface area contributed by atoms with Gasteiger partial charge in [0.2, 0.25) is 0 Å². The van der Waals surface area contributed by atoms with Crippen LogP contribution in [0, 0.1) is 0 Å². The zero-order valence-corrected chi connectivity index (χ0v) is 19.5. The summed E-state index contributed by atoms with van der Waals surface area (Å²) in [6, 6.07) is 10.6. The van der Waals surface area contributed by atoms with E-state index in [9.17, 15) is 4.79 Å². The standard InChI is InChI=1S/C24H26N2O5S/c1-28-17-11-16(12-18(14-17)29-2)21-23(32)26(24(25-21)9-5-6-10-24)22(27)15-7-8-19(30-3)20(13-15)31-4/h7-8,11-14H,5-6,9-10H2,1-4H3. The highest BCUT2D eigenvalue weighted by molar-refractivity contribution is 7.82. The summed E-state index contributed by atoms with van der Waals surface area (Å²) in [5.74, 6) is 2.11. The molecule has 0 N–H and O–H groups in total. The molecule has 7 nitrogen and oxygen atoms in total. The number of carbonyl (C=O) groups is 1. The molecule has 0 aromatic heterocycles. The number of rotatable bonds is 6. The van der Waals surface area contributed by atoms with Crippen LogP contribution in [-0.4, -0.2) is 55.6 Å². The monoisotopic (exact) mass is 454 g/mol. The van der Waals surface area contributed by atoms with Gasteiger partial charge in [-0.2, -0.15) is 0 Å². The molecule has 0 bridgehead atoms. The Hall–Kier alpha value is -3.13. The normalized spacial score (nSPS) is 16.8. The number of hydrogen-bond acceptors (Lipinski definition) is 7. The molecule has 2 aliphatic rings. The van der Waals surface area contributed by atoms with E-state index < -0.39 is 5.66 Å². The average Bonchev–Trinajstić information content (AvgIpc) is 3.41. The highest BCUT2D eigenvalue weighted by Gasteiger charge is 2.50. The molecule has 1 saturated carbocycles. The lowest BCUT2D eigenvalue weighted by Crippen LogP contribution is -2.48. The minimum absolute atomic E-state index is 0.202. The van der Waals surface area contributed by atoms with Crippen molar-refractivity contribution in [3.8, 4) is 23.0 Å². The summed E-state index contributed by atoms with van der Waals surface area (Å²) in [5.41, 5.74) is 1.16. The van der Waals surface area contributed by atoms with Crippen LogP contribution in [-0.2, 0) is 0 Å². The smallest absolute Gasteiger partial charge is 0.261 e. The molecule has 32 heavy (non-hydrogen) atoms. The number of methoxy groups -OCH3 is 4. The Bertz CT molecular complexity index is 1070. The van der Waals surface area contributed by atoms with Crippen LogP contribution in [0.4, 0.5) is 0 Å². The van der Waals surface area contributed by atoms with E-state index in [1.54, 1.807) is 57.6 Å². The number of thiocarbonyl (C=S) groups is 1. The Kier molecular flexibility index (Phi) is 6.06. The van der Waals surface area contributed by atoms with Gasteiger partial charge in [0.25, 0.3) is 5.91 Å². The van der Waals surface area contributed by atoms with E-state index in [2.05, 4.69) is 0 Å². The fraction of sp³-hybridized carbons (Fsp3) is 0.375. The lowest BCUT2D eigenvalue weighted by atomic mass is 10.1. The molecule has 2 aromatic carbocycles. The zero-order valence-electron chi connectivity index (χ0n) is 18.6. The third-order valence-corrected chi connectivity index (χ3v) is 6.38. The second-order valence-electron chi connectivity index (χ2n) is 7.77. The van der Waals surface area contributed by atoms with Crippen LogP contribution < -0.4 is 18.9 Å². The molecular weight excluding hydrogens is 428 g/mol. The molecule has 8 heteroatoms. The number of benzene rings is 2. The molecular formula is C24H26N2O5S. The molecule has 0 saturated heterocycles. The van der Waals surface area contributed by atoms with Crippen molar-refractivity contribution in [3.05, 3.63) is 47.5 Å². The summed E-state index contributed by atoms with van der Waals surface area (Å²) in [7, 11) is 6.30. The summed E-state index contributed by atoms with van der Waals surface area (Å²) in [6.45, 7) is 0. The summed E-state index contributed by atoms with van der Waals surface area (Å²) >= 11 is 5.84. The largest absolute Gasteiger partial charge is 0.497 e. The number of aliphatic imine (C=N–C) groups is 1. The van der Waals surface area contributed by atoms with Crippen molar-refractivity contribution in [2.45, 2.75) is 31.3 Å². The number of amides is 1. The van der Waals surface area contributed by atoms with E-state index in [1.807, 2.05) is 12.1 Å². The van der Waals surface area contributed by atoms with Crippen LogP contribution in [0.1, 0.15) is 41.6 Å². The van der Waals surface area contributed by atoms with Gasteiger partial charge in [-0.05, 0) is 56.0 Å². The summed E-state index contributed by atoms with van der Waals surface area (Å²) in [5, 5.41) is 0. The lowest BCUT2D eigenvalue weighted by Gasteiger charge is -2.32. The van der Waals surface area contributed by atoms with E-state index in [0.717, 1.165) is 31.2 Å². The van der Waals surface area contributed by atoms with Crippen molar-refractivity contribution in [1.29, 1.82) is 0 Å². The Morgan fingerprint density at radius 1 is 0.906 bits per heavy atom. The first kappa shape index (κ1) is 22.1. The summed E-state index contributed by atoms with van der Waals surface area (Å²) in [6.07, 6.45) is 3.49. The molecule has 0 unspecified atom stereocenters. The van der Waals surface area contributed by atoms with Crippen LogP contribution in [0.3, 0.4) is 0 Å². The third kappa shape index (κ3) is 3.68. The molecule has 1 heterocycles. The van der Waals surface area contributed by atoms with Crippen molar-refractivity contribution in [2.75, 3.05) is 28.4 Å². The van der Waals surface area contributed by atoms with Gasteiger partial charge in [0.15, 0.2) is 11.5 Å². The van der Waals surface area contributed by atoms with E-state index in [4.69, 9.17) is 36.2 Å². The first-order valence-electron chi connectivity index (χ1n) is 10.4. The summed E-state index contributed by atoms with van der Waals surface area (Å²) < 4.78 is 21.5. The molecule has 168 valence electrons. The fourth-order valence-electron chi connectivity index (χ4n) is 4.39. The highest BCUT2D eigenvalue weighted by atomic mass is 32.1. The molecule has 1 amide bonds. The maximum absolute atomic E-state index is 13.7. The second-order valence-corrected chi connectivity index (χ2v) is 8.15. The van der Waals surface area contributed by atoms with Gasteiger partial charge in [-0.3, -0.25) is 14.7 Å². The fourth-order valence-corrected chi connectivity index (χ4v) is 4.81. The van der Waals surface area contributed by atoms with Gasteiger partial charge < -0.3 is 18.9 Å². The van der Waals surface area contributed by atoms with Gasteiger partial charge in [0.05, 0.1) is 28.4 Å². The van der Waals surface area contributed by atoms with Crippen molar-refractivity contribution in [2.24, 2.45) is 4.99 Å². The lowest BCUT2D eigenvalue weighted by molar-refractivity contribution is 0.0724. The van der Waals surface area contributed by atoms with Crippen LogP contribution in [0.25, 0.3) is 0 Å². The molecule has 1 spiro atoms. The Labute approximate surface area is 192 Å². The van der Waals surface area contributed by atoms with Crippen LogP contribution in [0.2, 0.25) is 0 Å². The predicted octanol–water partition coefficient (Wildman–Crippen LogP) is 4.26.